The minimum Gasteiger partial charge on any atom is -0.497 e. The number of halogens is 3. The molecule has 170 valence electrons. The Bertz CT molecular complexity index is 1130. The summed E-state index contributed by atoms with van der Waals surface area (Å²) < 4.78 is 52.5. The highest BCUT2D eigenvalue weighted by Crippen LogP contribution is 2.34. The van der Waals surface area contributed by atoms with Gasteiger partial charge in [-0.1, -0.05) is 11.3 Å². The average molecular weight is 467 g/mol. The lowest BCUT2D eigenvalue weighted by atomic mass is 10.1. The van der Waals surface area contributed by atoms with Crippen LogP contribution in [0.2, 0.25) is 0 Å². The van der Waals surface area contributed by atoms with Crippen LogP contribution in [0.5, 0.6) is 17.2 Å². The van der Waals surface area contributed by atoms with Crippen molar-refractivity contribution in [3.05, 3.63) is 42.0 Å². The molecular weight excluding hydrogens is 447 g/mol. The van der Waals surface area contributed by atoms with Crippen LogP contribution in [0.25, 0.3) is 10.2 Å². The van der Waals surface area contributed by atoms with E-state index in [1.807, 2.05) is 4.90 Å². The molecule has 0 radical (unpaired) electrons. The minimum atomic E-state index is -4.74. The molecule has 1 aliphatic heterocycles. The van der Waals surface area contributed by atoms with Gasteiger partial charge >= 0.3 is 6.36 Å². The van der Waals surface area contributed by atoms with E-state index in [0.717, 1.165) is 0 Å². The second-order valence-corrected chi connectivity index (χ2v) is 8.03. The Morgan fingerprint density at radius 3 is 2.38 bits per heavy atom. The van der Waals surface area contributed by atoms with Gasteiger partial charge in [0.05, 0.1) is 30.0 Å². The molecule has 0 N–H and O–H groups in total. The lowest BCUT2D eigenvalue weighted by Gasteiger charge is -2.34. The maximum Gasteiger partial charge on any atom is 0.573 e. The summed E-state index contributed by atoms with van der Waals surface area (Å²) in [4.78, 5) is 21.3. The number of alkyl halides is 3. The minimum absolute atomic E-state index is 0.154. The fraction of sp³-hybridized carbons (Fsp3) is 0.333. The van der Waals surface area contributed by atoms with E-state index < -0.39 is 6.36 Å². The fourth-order valence-electron chi connectivity index (χ4n) is 3.48. The summed E-state index contributed by atoms with van der Waals surface area (Å²) in [6.45, 7) is 2.03. The number of carbonyl (C=O) groups excluding carboxylic acids is 1. The van der Waals surface area contributed by atoms with E-state index in [0.29, 0.717) is 58.6 Å². The number of benzene rings is 2. The summed E-state index contributed by atoms with van der Waals surface area (Å²) in [6.07, 6.45) is -4.74. The first-order valence-corrected chi connectivity index (χ1v) is 10.5. The van der Waals surface area contributed by atoms with Gasteiger partial charge in [0.25, 0.3) is 5.91 Å². The molecule has 1 aliphatic rings. The first-order valence-electron chi connectivity index (χ1n) is 9.70. The zero-order chi connectivity index (χ0) is 22.9. The third-order valence-corrected chi connectivity index (χ3v) is 6.14. The van der Waals surface area contributed by atoms with E-state index in [1.54, 1.807) is 23.1 Å². The largest absolute Gasteiger partial charge is 0.573 e. The zero-order valence-electron chi connectivity index (χ0n) is 17.3. The van der Waals surface area contributed by atoms with Crippen LogP contribution in [-0.4, -0.2) is 62.6 Å². The van der Waals surface area contributed by atoms with Crippen molar-refractivity contribution >= 4 is 32.6 Å². The molecular formula is C21H20F3N3O4S. The van der Waals surface area contributed by atoms with E-state index >= 15 is 0 Å². The molecule has 0 bridgehead atoms. The number of ether oxygens (including phenoxy) is 3. The number of carbonyl (C=O) groups is 1. The predicted octanol–water partition coefficient (Wildman–Crippen LogP) is 4.17. The Morgan fingerprint density at radius 1 is 1.00 bits per heavy atom. The number of methoxy groups -OCH3 is 2. The number of piperazine rings is 1. The second kappa shape index (κ2) is 8.73. The Morgan fingerprint density at radius 2 is 1.72 bits per heavy atom. The van der Waals surface area contributed by atoms with Gasteiger partial charge in [-0.2, -0.15) is 0 Å². The van der Waals surface area contributed by atoms with Crippen molar-refractivity contribution in [3.63, 3.8) is 0 Å². The Kier molecular flexibility index (Phi) is 6.00. The average Bonchev–Trinajstić information content (AvgIpc) is 3.20. The molecule has 32 heavy (non-hydrogen) atoms. The summed E-state index contributed by atoms with van der Waals surface area (Å²) in [5.41, 5.74) is 1.02. The topological polar surface area (TPSA) is 64.1 Å². The zero-order valence-corrected chi connectivity index (χ0v) is 18.1. The highest BCUT2D eigenvalue weighted by molar-refractivity contribution is 7.22. The predicted molar refractivity (Wildman–Crippen MR) is 114 cm³/mol. The van der Waals surface area contributed by atoms with Crippen LogP contribution >= 0.6 is 11.3 Å². The molecule has 0 aliphatic carbocycles. The molecule has 2 aromatic carbocycles. The number of anilines is 1. The van der Waals surface area contributed by atoms with Crippen LogP contribution in [0.3, 0.4) is 0 Å². The van der Waals surface area contributed by atoms with Gasteiger partial charge < -0.3 is 24.0 Å². The number of amides is 1. The van der Waals surface area contributed by atoms with Crippen LogP contribution in [-0.2, 0) is 0 Å². The molecule has 1 saturated heterocycles. The normalized spacial score (nSPS) is 14.5. The fourth-order valence-corrected chi connectivity index (χ4v) is 4.52. The molecule has 7 nitrogen and oxygen atoms in total. The molecule has 11 heteroatoms. The number of nitrogens with zero attached hydrogens (tertiary/aromatic N) is 3. The number of aromatic nitrogens is 1. The third kappa shape index (κ3) is 4.67. The van der Waals surface area contributed by atoms with Crippen molar-refractivity contribution in [3.8, 4) is 17.2 Å². The van der Waals surface area contributed by atoms with Crippen molar-refractivity contribution in [2.24, 2.45) is 0 Å². The van der Waals surface area contributed by atoms with E-state index in [-0.39, 0.29) is 11.7 Å². The van der Waals surface area contributed by atoms with E-state index in [9.17, 15) is 18.0 Å². The summed E-state index contributed by atoms with van der Waals surface area (Å²) in [5.74, 6) is 0.610. The van der Waals surface area contributed by atoms with Crippen molar-refractivity contribution in [1.82, 2.24) is 9.88 Å². The number of rotatable bonds is 5. The molecule has 1 amide bonds. The van der Waals surface area contributed by atoms with E-state index in [4.69, 9.17) is 9.47 Å². The molecule has 0 spiro atoms. The molecule has 3 aromatic rings. The van der Waals surface area contributed by atoms with Crippen molar-refractivity contribution in [1.29, 1.82) is 0 Å². The smallest absolute Gasteiger partial charge is 0.497 e. The lowest BCUT2D eigenvalue weighted by molar-refractivity contribution is -0.274. The summed E-state index contributed by atoms with van der Waals surface area (Å²) in [7, 11) is 3.04. The van der Waals surface area contributed by atoms with Crippen molar-refractivity contribution < 1.29 is 32.2 Å². The van der Waals surface area contributed by atoms with Crippen molar-refractivity contribution in [2.45, 2.75) is 6.36 Å². The number of fused-ring (bicyclic) bond motifs is 1. The third-order valence-electron chi connectivity index (χ3n) is 5.06. The van der Waals surface area contributed by atoms with Gasteiger partial charge in [0.15, 0.2) is 5.13 Å². The monoisotopic (exact) mass is 467 g/mol. The molecule has 0 atom stereocenters. The van der Waals surface area contributed by atoms with Gasteiger partial charge in [-0.25, -0.2) is 4.98 Å². The molecule has 0 saturated carbocycles. The Labute approximate surface area is 185 Å². The van der Waals surface area contributed by atoms with Gasteiger partial charge in [-0.05, 0) is 30.3 Å². The van der Waals surface area contributed by atoms with Crippen LogP contribution in [0, 0.1) is 0 Å². The lowest BCUT2D eigenvalue weighted by Crippen LogP contribution is -2.48. The van der Waals surface area contributed by atoms with Gasteiger partial charge in [-0.15, -0.1) is 13.2 Å². The van der Waals surface area contributed by atoms with Crippen LogP contribution in [0.1, 0.15) is 10.4 Å². The quantitative estimate of drug-likeness (QED) is 0.561. The van der Waals surface area contributed by atoms with Crippen molar-refractivity contribution in [2.75, 3.05) is 45.3 Å². The van der Waals surface area contributed by atoms with Gasteiger partial charge in [-0.3, -0.25) is 4.79 Å². The van der Waals surface area contributed by atoms with Crippen LogP contribution in [0.4, 0.5) is 18.3 Å². The standard InChI is InChI=1S/C21H20F3N3O4S/c1-29-13-4-6-17(30-2)15(11-13)19(28)26-7-9-27(10-8-26)20-25-16-5-3-14(12-18(16)32-20)31-21(22,23)24/h3-6,11-12H,7-10H2,1-2H3. The summed E-state index contributed by atoms with van der Waals surface area (Å²) in [5, 5.41) is 0.690. The maximum absolute atomic E-state index is 13.0. The van der Waals surface area contributed by atoms with Gasteiger partial charge in [0, 0.05) is 32.2 Å². The highest BCUT2D eigenvalue weighted by Gasteiger charge is 2.31. The first kappa shape index (κ1) is 22.0. The molecule has 2 heterocycles. The van der Waals surface area contributed by atoms with Gasteiger partial charge in [0.1, 0.15) is 17.2 Å². The van der Waals surface area contributed by atoms with E-state index in [1.165, 1.54) is 43.8 Å². The molecule has 4 rings (SSSR count). The van der Waals surface area contributed by atoms with Crippen LogP contribution < -0.4 is 19.1 Å². The van der Waals surface area contributed by atoms with E-state index in [2.05, 4.69) is 9.72 Å². The second-order valence-electron chi connectivity index (χ2n) is 7.02. The maximum atomic E-state index is 13.0. The van der Waals surface area contributed by atoms with Crippen LogP contribution in [0.15, 0.2) is 36.4 Å². The summed E-state index contributed by atoms with van der Waals surface area (Å²) >= 11 is 1.29. The summed E-state index contributed by atoms with van der Waals surface area (Å²) in [6, 6.07) is 9.16. The molecule has 1 aromatic heterocycles. The Hall–Kier alpha value is -3.21. The number of hydrogen-bond acceptors (Lipinski definition) is 7. The SMILES string of the molecule is COc1ccc(OC)c(C(=O)N2CCN(c3nc4ccc(OC(F)(F)F)cc4s3)CC2)c1. The molecule has 0 unspecified atom stereocenters. The first-order chi connectivity index (χ1) is 15.3. The number of hydrogen-bond donors (Lipinski definition) is 0. The molecule has 1 fully saturated rings. The highest BCUT2D eigenvalue weighted by atomic mass is 32.1. The van der Waals surface area contributed by atoms with Gasteiger partial charge in [0.2, 0.25) is 0 Å². The number of thiazole rings is 1. The Balaban J connectivity index is 1.45.